The molecule has 1 N–H and O–H groups in total. The van der Waals surface area contributed by atoms with Crippen LogP contribution in [0.5, 0.6) is 0 Å². The van der Waals surface area contributed by atoms with Gasteiger partial charge < -0.3 is 19.7 Å². The average molecular weight is 376 g/mol. The van der Waals surface area contributed by atoms with Gasteiger partial charge >= 0.3 is 0 Å². The highest BCUT2D eigenvalue weighted by Crippen LogP contribution is 2.24. The maximum absolute atomic E-state index is 12.2. The molecule has 1 amide bonds. The van der Waals surface area contributed by atoms with Gasteiger partial charge in [-0.15, -0.1) is 0 Å². The molecule has 1 fully saturated rings. The number of carbonyl (C=O) groups excluding carboxylic acids is 2. The topological polar surface area (TPSA) is 67.9 Å². The SMILES string of the molecule is CC(=O)C1CCN(c2ccc(C(=O)NCCOCCOC(C)C)cc2)CC1. The first-order valence-corrected chi connectivity index (χ1v) is 9.80. The number of ketones is 1. The van der Waals surface area contributed by atoms with Gasteiger partial charge in [-0.3, -0.25) is 9.59 Å². The fourth-order valence-corrected chi connectivity index (χ4v) is 3.15. The van der Waals surface area contributed by atoms with E-state index in [0.29, 0.717) is 31.9 Å². The molecule has 1 aliphatic rings. The minimum Gasteiger partial charge on any atom is -0.377 e. The summed E-state index contributed by atoms with van der Waals surface area (Å²) in [4.78, 5) is 25.9. The quantitative estimate of drug-likeness (QED) is 0.636. The molecule has 1 aliphatic heterocycles. The van der Waals surface area contributed by atoms with Crippen molar-refractivity contribution in [3.8, 4) is 0 Å². The molecule has 6 heteroatoms. The van der Waals surface area contributed by atoms with Crippen LogP contribution in [0.4, 0.5) is 5.69 Å². The van der Waals surface area contributed by atoms with Crippen molar-refractivity contribution in [3.63, 3.8) is 0 Å². The molecular formula is C21H32N2O4. The van der Waals surface area contributed by atoms with Crippen LogP contribution in [0.1, 0.15) is 44.0 Å². The Morgan fingerprint density at radius 3 is 2.37 bits per heavy atom. The molecule has 0 spiro atoms. The first kappa shape index (κ1) is 21.4. The van der Waals surface area contributed by atoms with E-state index >= 15 is 0 Å². The molecule has 2 rings (SSSR count). The Balaban J connectivity index is 1.68. The average Bonchev–Trinajstić information content (AvgIpc) is 2.67. The van der Waals surface area contributed by atoms with E-state index in [1.54, 1.807) is 6.92 Å². The highest BCUT2D eigenvalue weighted by Gasteiger charge is 2.22. The van der Waals surface area contributed by atoms with Crippen LogP contribution in [0.2, 0.25) is 0 Å². The van der Waals surface area contributed by atoms with Gasteiger partial charge in [0.2, 0.25) is 0 Å². The third-order valence-electron chi connectivity index (χ3n) is 4.78. The molecular weight excluding hydrogens is 344 g/mol. The number of amides is 1. The summed E-state index contributed by atoms with van der Waals surface area (Å²) in [6.07, 6.45) is 2.01. The molecule has 6 nitrogen and oxygen atoms in total. The number of nitrogens with one attached hydrogen (secondary N) is 1. The molecule has 0 saturated carbocycles. The van der Waals surface area contributed by atoms with Gasteiger partial charge in [-0.1, -0.05) is 0 Å². The van der Waals surface area contributed by atoms with E-state index in [4.69, 9.17) is 9.47 Å². The van der Waals surface area contributed by atoms with Gasteiger partial charge in [0.25, 0.3) is 5.91 Å². The number of piperidine rings is 1. The van der Waals surface area contributed by atoms with Crippen molar-refractivity contribution in [1.82, 2.24) is 5.32 Å². The molecule has 1 aromatic rings. The minimum atomic E-state index is -0.0983. The van der Waals surface area contributed by atoms with Crippen molar-refractivity contribution in [2.45, 2.75) is 39.7 Å². The highest BCUT2D eigenvalue weighted by molar-refractivity contribution is 5.94. The predicted octanol–water partition coefficient (Wildman–Crippen LogP) is 2.66. The first-order chi connectivity index (χ1) is 13.0. The van der Waals surface area contributed by atoms with Crippen LogP contribution in [0, 0.1) is 5.92 Å². The van der Waals surface area contributed by atoms with Gasteiger partial charge in [-0.05, 0) is 57.9 Å². The van der Waals surface area contributed by atoms with Gasteiger partial charge in [0.15, 0.2) is 0 Å². The normalized spacial score (nSPS) is 15.2. The summed E-state index contributed by atoms with van der Waals surface area (Å²) in [5.74, 6) is 0.391. The van der Waals surface area contributed by atoms with Gasteiger partial charge in [-0.25, -0.2) is 0 Å². The van der Waals surface area contributed by atoms with E-state index in [2.05, 4.69) is 10.2 Å². The summed E-state index contributed by atoms with van der Waals surface area (Å²) in [7, 11) is 0. The van der Waals surface area contributed by atoms with Gasteiger partial charge in [0.05, 0.1) is 25.9 Å². The van der Waals surface area contributed by atoms with E-state index in [1.165, 1.54) is 0 Å². The molecule has 0 unspecified atom stereocenters. The monoisotopic (exact) mass is 376 g/mol. The number of benzene rings is 1. The van der Waals surface area contributed by atoms with E-state index in [1.807, 2.05) is 38.1 Å². The van der Waals surface area contributed by atoms with Crippen molar-refractivity contribution < 1.29 is 19.1 Å². The second-order valence-electron chi connectivity index (χ2n) is 7.21. The van der Waals surface area contributed by atoms with Crippen LogP contribution in [0.15, 0.2) is 24.3 Å². The molecule has 0 aromatic heterocycles. The Labute approximate surface area is 162 Å². The van der Waals surface area contributed by atoms with Crippen molar-refractivity contribution >= 4 is 17.4 Å². The number of ether oxygens (including phenoxy) is 2. The zero-order valence-electron chi connectivity index (χ0n) is 16.7. The largest absolute Gasteiger partial charge is 0.377 e. The Bertz CT molecular complexity index is 593. The number of hydrogen-bond donors (Lipinski definition) is 1. The van der Waals surface area contributed by atoms with E-state index < -0.39 is 0 Å². The summed E-state index contributed by atoms with van der Waals surface area (Å²) in [6.45, 7) is 9.45. The summed E-state index contributed by atoms with van der Waals surface area (Å²) in [5, 5.41) is 2.86. The van der Waals surface area contributed by atoms with Crippen LogP contribution < -0.4 is 10.2 Å². The Hall–Kier alpha value is -1.92. The van der Waals surface area contributed by atoms with Crippen molar-refractivity contribution in [2.75, 3.05) is 44.4 Å². The molecule has 0 atom stereocenters. The summed E-state index contributed by atoms with van der Waals surface area (Å²) < 4.78 is 10.8. The smallest absolute Gasteiger partial charge is 0.251 e. The minimum absolute atomic E-state index is 0.0983. The first-order valence-electron chi connectivity index (χ1n) is 9.80. The van der Waals surface area contributed by atoms with Crippen LogP contribution in [-0.2, 0) is 14.3 Å². The predicted molar refractivity (Wildman–Crippen MR) is 106 cm³/mol. The van der Waals surface area contributed by atoms with Crippen LogP contribution >= 0.6 is 0 Å². The van der Waals surface area contributed by atoms with Crippen molar-refractivity contribution in [1.29, 1.82) is 0 Å². The number of nitrogens with zero attached hydrogens (tertiary/aromatic N) is 1. The fraction of sp³-hybridized carbons (Fsp3) is 0.619. The lowest BCUT2D eigenvalue weighted by atomic mass is 9.93. The van der Waals surface area contributed by atoms with Gasteiger partial charge in [0, 0.05) is 36.8 Å². The Kier molecular flexibility index (Phi) is 8.75. The lowest BCUT2D eigenvalue weighted by Crippen LogP contribution is -2.35. The second kappa shape index (κ2) is 11.0. The zero-order chi connectivity index (χ0) is 19.6. The summed E-state index contributed by atoms with van der Waals surface area (Å²) >= 11 is 0. The molecule has 1 heterocycles. The highest BCUT2D eigenvalue weighted by atomic mass is 16.5. The number of rotatable bonds is 10. The molecule has 1 saturated heterocycles. The number of carbonyl (C=O) groups is 2. The van der Waals surface area contributed by atoms with E-state index in [-0.39, 0.29) is 23.7 Å². The summed E-state index contributed by atoms with van der Waals surface area (Å²) in [6, 6.07) is 7.64. The van der Waals surface area contributed by atoms with Crippen LogP contribution in [0.25, 0.3) is 0 Å². The maximum atomic E-state index is 12.2. The molecule has 27 heavy (non-hydrogen) atoms. The van der Waals surface area contributed by atoms with Gasteiger partial charge in [0.1, 0.15) is 5.78 Å². The van der Waals surface area contributed by atoms with Crippen LogP contribution in [0.3, 0.4) is 0 Å². The Morgan fingerprint density at radius 2 is 1.78 bits per heavy atom. The number of hydrogen-bond acceptors (Lipinski definition) is 5. The standard InChI is InChI=1S/C21H32N2O4/c1-16(2)27-15-14-26-13-10-22-21(25)19-4-6-20(7-5-19)23-11-8-18(9-12-23)17(3)24/h4-7,16,18H,8-15H2,1-3H3,(H,22,25). The molecule has 150 valence electrons. The fourth-order valence-electron chi connectivity index (χ4n) is 3.15. The molecule has 0 radical (unpaired) electrons. The third-order valence-corrected chi connectivity index (χ3v) is 4.78. The number of Topliss-reactive ketones (excluding diaryl/α,β-unsaturated/α-hetero) is 1. The van der Waals surface area contributed by atoms with E-state index in [9.17, 15) is 9.59 Å². The van der Waals surface area contributed by atoms with Crippen LogP contribution in [-0.4, -0.2) is 57.2 Å². The van der Waals surface area contributed by atoms with Gasteiger partial charge in [-0.2, -0.15) is 0 Å². The number of anilines is 1. The zero-order valence-corrected chi connectivity index (χ0v) is 16.7. The lowest BCUT2D eigenvalue weighted by Gasteiger charge is -2.32. The van der Waals surface area contributed by atoms with Crippen molar-refractivity contribution in [2.24, 2.45) is 5.92 Å². The molecule has 0 bridgehead atoms. The Morgan fingerprint density at radius 1 is 1.11 bits per heavy atom. The van der Waals surface area contributed by atoms with Crippen molar-refractivity contribution in [3.05, 3.63) is 29.8 Å². The summed E-state index contributed by atoms with van der Waals surface area (Å²) in [5.41, 5.74) is 1.74. The van der Waals surface area contributed by atoms with E-state index in [0.717, 1.165) is 31.6 Å². The maximum Gasteiger partial charge on any atom is 0.251 e. The lowest BCUT2D eigenvalue weighted by molar-refractivity contribution is -0.121. The third kappa shape index (κ3) is 7.31. The second-order valence-corrected chi connectivity index (χ2v) is 7.21. The molecule has 1 aromatic carbocycles. The molecule has 0 aliphatic carbocycles.